The zero-order chi connectivity index (χ0) is 24.8. The van der Waals surface area contributed by atoms with E-state index in [0.717, 1.165) is 16.5 Å². The summed E-state index contributed by atoms with van der Waals surface area (Å²) in [6, 6.07) is 15.5. The van der Waals surface area contributed by atoms with Gasteiger partial charge in [-0.1, -0.05) is 48.5 Å². The highest BCUT2D eigenvalue weighted by molar-refractivity contribution is 5.86. The third-order valence-electron chi connectivity index (χ3n) is 6.64. The first kappa shape index (κ1) is 19.4. The Hall–Kier alpha value is -3.12. The van der Waals surface area contributed by atoms with Crippen LogP contribution in [0.4, 0.5) is 0 Å². The summed E-state index contributed by atoms with van der Waals surface area (Å²) in [4.78, 5) is 32.3. The van der Waals surface area contributed by atoms with Crippen LogP contribution in [0.3, 0.4) is 0 Å². The lowest BCUT2D eigenvalue weighted by molar-refractivity contribution is -0.162. The number of carbonyl (C=O) groups is 2. The van der Waals surface area contributed by atoms with E-state index in [-0.39, 0.29) is 19.8 Å². The van der Waals surface area contributed by atoms with E-state index in [9.17, 15) is 12.3 Å². The second-order valence-corrected chi connectivity index (χ2v) is 8.44. The number of carbonyl (C=O) groups excluding carboxylic acids is 2. The second kappa shape index (κ2) is 9.02. The molecule has 2 aliphatic heterocycles. The molecule has 2 aromatic carbocycles. The number of nitrogens with zero attached hydrogens (tertiary/aromatic N) is 1. The molecular weight excluding hydrogens is 416 g/mol. The molecular formula is C27H30N2O4. The predicted molar refractivity (Wildman–Crippen MR) is 126 cm³/mol. The number of H-pyrrole nitrogens is 1. The Kier molecular flexibility index (Phi) is 5.29. The molecule has 172 valence electrons. The molecule has 33 heavy (non-hydrogen) atoms. The van der Waals surface area contributed by atoms with E-state index >= 15 is 0 Å². The summed E-state index contributed by atoms with van der Waals surface area (Å²) in [5, 5.41) is 1.03. The maximum absolute atomic E-state index is 13.7. The molecule has 0 aliphatic carbocycles. The van der Waals surface area contributed by atoms with Crippen LogP contribution in [0, 0.1) is 11.8 Å². The first-order chi connectivity index (χ1) is 16.9. The van der Waals surface area contributed by atoms with Crippen molar-refractivity contribution in [1.29, 1.82) is 0 Å². The highest BCUT2D eigenvalue weighted by Crippen LogP contribution is 2.51. The van der Waals surface area contributed by atoms with E-state index in [1.54, 1.807) is 18.7 Å². The number of rotatable bonds is 5. The number of fused-ring (bicyclic) bond motifs is 5. The van der Waals surface area contributed by atoms with Gasteiger partial charge in [0.15, 0.2) is 0 Å². The van der Waals surface area contributed by atoms with Gasteiger partial charge in [-0.25, -0.2) is 0 Å². The monoisotopic (exact) mass is 448 g/mol. The molecule has 0 spiro atoms. The van der Waals surface area contributed by atoms with Crippen LogP contribution < -0.4 is 0 Å². The van der Waals surface area contributed by atoms with Gasteiger partial charge in [-0.2, -0.15) is 0 Å². The van der Waals surface area contributed by atoms with Gasteiger partial charge in [-0.3, -0.25) is 14.5 Å². The topological polar surface area (TPSA) is 71.6 Å². The van der Waals surface area contributed by atoms with E-state index in [0.29, 0.717) is 24.2 Å². The SMILES string of the molecule is [2H][C@]1(C(=O)OCC)CN2CCc3c([nH]c4ccccc34)[C@]2([2H])[C@H](C(=O)OCC)[C@@H]1c1ccccc1. The van der Waals surface area contributed by atoms with Crippen LogP contribution in [0.2, 0.25) is 0 Å². The van der Waals surface area contributed by atoms with Gasteiger partial charge in [0.25, 0.3) is 0 Å². The molecule has 0 unspecified atom stereocenters. The lowest BCUT2D eigenvalue weighted by atomic mass is 9.67. The zero-order valence-corrected chi connectivity index (χ0v) is 19.0. The lowest BCUT2D eigenvalue weighted by Gasteiger charge is -2.49. The lowest BCUT2D eigenvalue weighted by Crippen LogP contribution is -2.54. The van der Waals surface area contributed by atoms with Gasteiger partial charge in [0, 0.05) is 37.0 Å². The summed E-state index contributed by atoms with van der Waals surface area (Å²) in [7, 11) is 0. The number of aromatic amines is 1. The normalized spacial score (nSPS) is 30.0. The van der Waals surface area contributed by atoms with Crippen molar-refractivity contribution < 1.29 is 21.8 Å². The van der Waals surface area contributed by atoms with Gasteiger partial charge in [-0.05, 0) is 37.5 Å². The smallest absolute Gasteiger partial charge is 0.311 e. The molecule has 3 aromatic rings. The highest BCUT2D eigenvalue weighted by Gasteiger charge is 2.53. The van der Waals surface area contributed by atoms with Crippen LogP contribution in [0.5, 0.6) is 0 Å². The van der Waals surface area contributed by atoms with Crippen molar-refractivity contribution in [2.45, 2.75) is 32.2 Å². The minimum Gasteiger partial charge on any atom is -0.466 e. The fourth-order valence-electron chi connectivity index (χ4n) is 5.33. The largest absolute Gasteiger partial charge is 0.466 e. The molecule has 1 saturated heterocycles. The average molecular weight is 449 g/mol. The van der Waals surface area contributed by atoms with Crippen molar-refractivity contribution in [2.24, 2.45) is 11.8 Å². The number of piperidine rings is 1. The van der Waals surface area contributed by atoms with Gasteiger partial charge in [0.05, 0.1) is 32.4 Å². The van der Waals surface area contributed by atoms with Crippen LogP contribution in [0.15, 0.2) is 54.6 Å². The van der Waals surface area contributed by atoms with Crippen molar-refractivity contribution in [3.05, 3.63) is 71.4 Å². The van der Waals surface area contributed by atoms with Crippen molar-refractivity contribution in [3.8, 4) is 0 Å². The van der Waals surface area contributed by atoms with Gasteiger partial charge < -0.3 is 14.5 Å². The molecule has 1 aromatic heterocycles. The fraction of sp³-hybridized carbons (Fsp3) is 0.407. The van der Waals surface area contributed by atoms with Crippen molar-refractivity contribution in [2.75, 3.05) is 26.3 Å². The molecule has 6 heteroatoms. The Bertz CT molecular complexity index is 1260. The molecule has 0 bridgehead atoms. The van der Waals surface area contributed by atoms with Crippen molar-refractivity contribution in [1.82, 2.24) is 9.88 Å². The van der Waals surface area contributed by atoms with Crippen LogP contribution in [0.1, 0.15) is 45.3 Å². The number of hydrogen-bond donors (Lipinski definition) is 1. The molecule has 5 rings (SSSR count). The number of esters is 2. The van der Waals surface area contributed by atoms with E-state index in [1.165, 1.54) is 0 Å². The Labute approximate surface area is 196 Å². The maximum atomic E-state index is 13.7. The molecule has 0 radical (unpaired) electrons. The molecule has 3 heterocycles. The number of benzene rings is 2. The van der Waals surface area contributed by atoms with E-state index in [4.69, 9.17) is 9.47 Å². The summed E-state index contributed by atoms with van der Waals surface area (Å²) in [6.07, 6.45) is 0.643. The summed E-state index contributed by atoms with van der Waals surface area (Å²) in [5.74, 6) is -5.13. The van der Waals surface area contributed by atoms with Crippen LogP contribution in [-0.4, -0.2) is 48.1 Å². The first-order valence-electron chi connectivity index (χ1n) is 12.6. The standard InChI is InChI=1S/C27H30N2O4/c1-3-32-26(30)20-16-29-15-14-19-18-12-8-9-13-21(18)28-24(19)25(29)23(27(31)33-4-2)22(20)17-10-6-5-7-11-17/h5-13,20,22-23,25,28H,3-4,14-16H2,1-2H3/t20-,22+,23+,25-/m0/s1/i20D,25D. The van der Waals surface area contributed by atoms with E-state index < -0.39 is 35.7 Å². The molecule has 0 amide bonds. The molecule has 4 atom stereocenters. The maximum Gasteiger partial charge on any atom is 0.311 e. The molecule has 1 fully saturated rings. The van der Waals surface area contributed by atoms with Gasteiger partial charge in [-0.15, -0.1) is 0 Å². The van der Waals surface area contributed by atoms with Crippen LogP contribution in [-0.2, 0) is 25.5 Å². The van der Waals surface area contributed by atoms with E-state index in [2.05, 4.69) is 4.98 Å². The number of ether oxygens (including phenoxy) is 2. The minimum absolute atomic E-state index is 0.0282. The average Bonchev–Trinajstić information content (AvgIpc) is 3.24. The number of hydrogen-bond acceptors (Lipinski definition) is 5. The highest BCUT2D eigenvalue weighted by atomic mass is 16.5. The summed E-state index contributed by atoms with van der Waals surface area (Å²) < 4.78 is 30.3. The molecule has 1 N–H and O–H groups in total. The Balaban J connectivity index is 1.77. The molecule has 2 aliphatic rings. The minimum atomic E-state index is -1.79. The summed E-state index contributed by atoms with van der Waals surface area (Å²) in [6.45, 7) is 4.10. The number of aromatic nitrogens is 1. The third-order valence-corrected chi connectivity index (χ3v) is 6.64. The second-order valence-electron chi connectivity index (χ2n) is 8.44. The van der Waals surface area contributed by atoms with Gasteiger partial charge >= 0.3 is 11.9 Å². The first-order valence-corrected chi connectivity index (χ1v) is 11.6. The Morgan fingerprint density at radius 1 is 1.03 bits per heavy atom. The number of para-hydroxylation sites is 1. The van der Waals surface area contributed by atoms with Gasteiger partial charge in [0.1, 0.15) is 0 Å². The Morgan fingerprint density at radius 2 is 1.73 bits per heavy atom. The Morgan fingerprint density at radius 3 is 2.48 bits per heavy atom. The predicted octanol–water partition coefficient (Wildman–Crippen LogP) is 4.22. The fourth-order valence-corrected chi connectivity index (χ4v) is 5.33. The molecule has 6 nitrogen and oxygen atoms in total. The zero-order valence-electron chi connectivity index (χ0n) is 21.0. The van der Waals surface area contributed by atoms with Crippen LogP contribution >= 0.6 is 0 Å². The van der Waals surface area contributed by atoms with Crippen molar-refractivity contribution in [3.63, 3.8) is 0 Å². The summed E-state index contributed by atoms with van der Waals surface area (Å²) in [5.41, 5.74) is 3.18. The third kappa shape index (κ3) is 3.72. The van der Waals surface area contributed by atoms with Crippen LogP contribution in [0.25, 0.3) is 10.9 Å². The van der Waals surface area contributed by atoms with E-state index in [1.807, 2.05) is 54.6 Å². The van der Waals surface area contributed by atoms with Crippen molar-refractivity contribution >= 4 is 22.8 Å². The quantitative estimate of drug-likeness (QED) is 0.592. The molecule has 0 saturated carbocycles. The van der Waals surface area contributed by atoms with Gasteiger partial charge in [0.2, 0.25) is 0 Å². The summed E-state index contributed by atoms with van der Waals surface area (Å²) >= 11 is 0. The number of nitrogens with one attached hydrogen (secondary N) is 1.